The normalized spacial score (nSPS) is 20.5. The van der Waals surface area contributed by atoms with Crippen LogP contribution in [0.25, 0.3) is 0 Å². The fourth-order valence-electron chi connectivity index (χ4n) is 3.26. The fourth-order valence-corrected chi connectivity index (χ4v) is 3.26. The first kappa shape index (κ1) is 17.5. The molecule has 0 spiro atoms. The van der Waals surface area contributed by atoms with Gasteiger partial charge in [0.25, 0.3) is 11.8 Å². The van der Waals surface area contributed by atoms with Crippen LogP contribution in [-0.2, 0) is 9.53 Å². The van der Waals surface area contributed by atoms with E-state index in [0.717, 1.165) is 12.8 Å². The molecule has 2 saturated heterocycles. The third-order valence-corrected chi connectivity index (χ3v) is 4.71. The molecular weight excluding hydrogens is 324 g/mol. The smallest absolute Gasteiger partial charge is 0.254 e. The summed E-state index contributed by atoms with van der Waals surface area (Å²) in [6.45, 7) is 2.78. The van der Waals surface area contributed by atoms with Crippen LogP contribution in [-0.4, -0.2) is 74.7 Å². The zero-order chi connectivity index (χ0) is 17.8. The minimum absolute atomic E-state index is 0.0516. The number of carbonyl (C=O) groups is 2. The summed E-state index contributed by atoms with van der Waals surface area (Å²) in [4.78, 5) is 28.6. The molecule has 2 aliphatic rings. The van der Waals surface area contributed by atoms with Crippen LogP contribution in [0.15, 0.2) is 18.2 Å². The van der Waals surface area contributed by atoms with E-state index in [2.05, 4.69) is 0 Å². The Morgan fingerprint density at radius 2 is 1.72 bits per heavy atom. The molecule has 0 saturated carbocycles. The van der Waals surface area contributed by atoms with Gasteiger partial charge in [0.15, 0.2) is 11.5 Å². The Bertz CT molecular complexity index is 634. The van der Waals surface area contributed by atoms with Gasteiger partial charge in [-0.1, -0.05) is 0 Å². The van der Waals surface area contributed by atoms with E-state index in [-0.39, 0.29) is 17.9 Å². The second-order valence-corrected chi connectivity index (χ2v) is 6.19. The summed E-state index contributed by atoms with van der Waals surface area (Å²) in [6, 6.07) is 5.14. The Labute approximate surface area is 147 Å². The van der Waals surface area contributed by atoms with Crippen LogP contribution in [0, 0.1) is 0 Å². The van der Waals surface area contributed by atoms with Crippen molar-refractivity contribution in [3.8, 4) is 11.5 Å². The van der Waals surface area contributed by atoms with Crippen molar-refractivity contribution in [2.75, 3.05) is 47.0 Å². The Kier molecular flexibility index (Phi) is 5.43. The third kappa shape index (κ3) is 3.71. The summed E-state index contributed by atoms with van der Waals surface area (Å²) in [5, 5.41) is 0. The van der Waals surface area contributed by atoms with Gasteiger partial charge in [0.05, 0.1) is 14.2 Å². The van der Waals surface area contributed by atoms with Gasteiger partial charge in [0, 0.05) is 38.3 Å². The van der Waals surface area contributed by atoms with Crippen LogP contribution in [0.2, 0.25) is 0 Å². The molecule has 1 aromatic carbocycles. The summed E-state index contributed by atoms with van der Waals surface area (Å²) in [5.74, 6) is 1.10. The molecule has 2 amide bonds. The number of carbonyl (C=O) groups excluding carboxylic acids is 2. The van der Waals surface area contributed by atoms with E-state index >= 15 is 0 Å². The van der Waals surface area contributed by atoms with E-state index in [1.54, 1.807) is 42.2 Å². The maximum Gasteiger partial charge on any atom is 0.254 e. The van der Waals surface area contributed by atoms with Crippen LogP contribution >= 0.6 is 0 Å². The predicted molar refractivity (Wildman–Crippen MR) is 91.0 cm³/mol. The SMILES string of the molecule is COc1ccc(C(=O)N2CCN(C(=O)[C@@H]3CCCO3)CC2)cc1OC. The van der Waals surface area contributed by atoms with E-state index in [9.17, 15) is 9.59 Å². The molecule has 0 bridgehead atoms. The summed E-state index contributed by atoms with van der Waals surface area (Å²) < 4.78 is 15.9. The van der Waals surface area contributed by atoms with E-state index in [1.165, 1.54) is 0 Å². The quantitative estimate of drug-likeness (QED) is 0.817. The first-order valence-electron chi connectivity index (χ1n) is 8.55. The average molecular weight is 348 g/mol. The largest absolute Gasteiger partial charge is 0.493 e. The molecule has 1 aromatic rings. The number of ether oxygens (including phenoxy) is 3. The highest BCUT2D eigenvalue weighted by Gasteiger charge is 2.31. The Morgan fingerprint density at radius 1 is 1.04 bits per heavy atom. The van der Waals surface area contributed by atoms with Crippen molar-refractivity contribution in [3.63, 3.8) is 0 Å². The first-order chi connectivity index (χ1) is 12.1. The summed E-state index contributed by atoms with van der Waals surface area (Å²) in [5.41, 5.74) is 0.552. The highest BCUT2D eigenvalue weighted by atomic mass is 16.5. The molecule has 0 aromatic heterocycles. The van der Waals surface area contributed by atoms with Gasteiger partial charge in [0.1, 0.15) is 6.10 Å². The predicted octanol–water partition coefficient (Wildman–Crippen LogP) is 1.17. The monoisotopic (exact) mass is 348 g/mol. The topological polar surface area (TPSA) is 68.3 Å². The number of nitrogens with zero attached hydrogens (tertiary/aromatic N) is 2. The minimum atomic E-state index is -0.298. The van der Waals surface area contributed by atoms with Crippen LogP contribution in [0.1, 0.15) is 23.2 Å². The Morgan fingerprint density at radius 3 is 2.32 bits per heavy atom. The van der Waals surface area contributed by atoms with Gasteiger partial charge >= 0.3 is 0 Å². The standard InChI is InChI=1S/C18H24N2O5/c1-23-14-6-5-13(12-16(14)24-2)17(21)19-7-9-20(10-8-19)18(22)15-4-3-11-25-15/h5-6,12,15H,3-4,7-11H2,1-2H3/t15-/m0/s1. The van der Waals surface area contributed by atoms with Crippen molar-refractivity contribution in [1.29, 1.82) is 0 Å². The van der Waals surface area contributed by atoms with Crippen LogP contribution in [0.4, 0.5) is 0 Å². The molecule has 7 nitrogen and oxygen atoms in total. The number of piperazine rings is 1. The van der Waals surface area contributed by atoms with Crippen LogP contribution in [0.3, 0.4) is 0 Å². The van der Waals surface area contributed by atoms with Gasteiger partial charge in [0.2, 0.25) is 0 Å². The maximum atomic E-state index is 12.7. The highest BCUT2D eigenvalue weighted by Crippen LogP contribution is 2.28. The zero-order valence-electron chi connectivity index (χ0n) is 14.7. The molecule has 3 rings (SSSR count). The van der Waals surface area contributed by atoms with Gasteiger partial charge in [-0.3, -0.25) is 9.59 Å². The molecular formula is C18H24N2O5. The van der Waals surface area contributed by atoms with Crippen LogP contribution in [0.5, 0.6) is 11.5 Å². The molecule has 0 N–H and O–H groups in total. The molecule has 0 aliphatic carbocycles. The number of hydrogen-bond donors (Lipinski definition) is 0. The first-order valence-corrected chi connectivity index (χ1v) is 8.55. The third-order valence-electron chi connectivity index (χ3n) is 4.71. The highest BCUT2D eigenvalue weighted by molar-refractivity contribution is 5.95. The lowest BCUT2D eigenvalue weighted by Crippen LogP contribution is -2.52. The number of hydrogen-bond acceptors (Lipinski definition) is 5. The second-order valence-electron chi connectivity index (χ2n) is 6.19. The number of benzene rings is 1. The zero-order valence-corrected chi connectivity index (χ0v) is 14.7. The lowest BCUT2D eigenvalue weighted by Gasteiger charge is -2.35. The summed E-state index contributed by atoms with van der Waals surface area (Å²) >= 11 is 0. The van der Waals surface area contributed by atoms with E-state index in [1.807, 2.05) is 0 Å². The molecule has 2 heterocycles. The maximum absolute atomic E-state index is 12.7. The molecule has 0 unspecified atom stereocenters. The van der Waals surface area contributed by atoms with Crippen molar-refractivity contribution in [2.24, 2.45) is 0 Å². The number of rotatable bonds is 4. The van der Waals surface area contributed by atoms with Gasteiger partial charge in [-0.25, -0.2) is 0 Å². The number of methoxy groups -OCH3 is 2. The molecule has 2 fully saturated rings. The molecule has 0 radical (unpaired) electrons. The second kappa shape index (κ2) is 7.74. The molecule has 7 heteroatoms. The summed E-state index contributed by atoms with van der Waals surface area (Å²) in [7, 11) is 3.10. The minimum Gasteiger partial charge on any atom is -0.493 e. The fraction of sp³-hybridized carbons (Fsp3) is 0.556. The van der Waals surface area contributed by atoms with Crippen molar-refractivity contribution in [3.05, 3.63) is 23.8 Å². The average Bonchev–Trinajstić information content (AvgIpc) is 3.21. The van der Waals surface area contributed by atoms with Gasteiger partial charge in [-0.05, 0) is 31.0 Å². The van der Waals surface area contributed by atoms with Crippen molar-refractivity contribution < 1.29 is 23.8 Å². The van der Waals surface area contributed by atoms with E-state index < -0.39 is 0 Å². The van der Waals surface area contributed by atoms with Crippen molar-refractivity contribution >= 4 is 11.8 Å². The molecule has 136 valence electrons. The number of amides is 2. The van der Waals surface area contributed by atoms with Crippen molar-refractivity contribution in [1.82, 2.24) is 9.80 Å². The molecule has 1 atom stereocenters. The van der Waals surface area contributed by atoms with Gasteiger partial charge in [-0.2, -0.15) is 0 Å². The van der Waals surface area contributed by atoms with Gasteiger partial charge < -0.3 is 24.0 Å². The Hall–Kier alpha value is -2.28. The molecule has 25 heavy (non-hydrogen) atoms. The van der Waals surface area contributed by atoms with Crippen LogP contribution < -0.4 is 9.47 Å². The molecule has 2 aliphatic heterocycles. The lowest BCUT2D eigenvalue weighted by atomic mass is 10.1. The van der Waals surface area contributed by atoms with E-state index in [0.29, 0.717) is 49.8 Å². The van der Waals surface area contributed by atoms with Gasteiger partial charge in [-0.15, -0.1) is 0 Å². The lowest BCUT2D eigenvalue weighted by molar-refractivity contribution is -0.142. The summed E-state index contributed by atoms with van der Waals surface area (Å²) in [6.07, 6.45) is 1.44. The van der Waals surface area contributed by atoms with E-state index in [4.69, 9.17) is 14.2 Å². The Balaban J connectivity index is 1.60. The van der Waals surface area contributed by atoms with Crippen molar-refractivity contribution in [2.45, 2.75) is 18.9 Å².